The van der Waals surface area contributed by atoms with Crippen LogP contribution in [-0.2, 0) is 17.9 Å². The van der Waals surface area contributed by atoms with Gasteiger partial charge in [-0.2, -0.15) is 5.10 Å². The Bertz CT molecular complexity index is 790. The molecule has 0 atom stereocenters. The van der Waals surface area contributed by atoms with Crippen molar-refractivity contribution >= 4 is 22.6 Å². The number of carbonyl (C=O) groups is 1. The van der Waals surface area contributed by atoms with Gasteiger partial charge in [0, 0.05) is 17.6 Å². The van der Waals surface area contributed by atoms with Crippen LogP contribution < -0.4 is 5.73 Å². The Morgan fingerprint density at radius 2 is 2.29 bits per heavy atom. The van der Waals surface area contributed by atoms with Crippen molar-refractivity contribution in [1.29, 1.82) is 0 Å². The minimum absolute atomic E-state index is 0.0475. The molecular formula is C14H14N4O3. The van der Waals surface area contributed by atoms with Crippen molar-refractivity contribution in [3.8, 4) is 0 Å². The smallest absolute Gasteiger partial charge is 0.374 e. The molecule has 0 saturated carbocycles. The summed E-state index contributed by atoms with van der Waals surface area (Å²) in [5.41, 5.74) is 6.89. The van der Waals surface area contributed by atoms with E-state index in [1.165, 1.54) is 6.33 Å². The fourth-order valence-corrected chi connectivity index (χ4v) is 2.03. The Morgan fingerprint density at radius 3 is 3.10 bits per heavy atom. The van der Waals surface area contributed by atoms with Crippen LogP contribution in [0.3, 0.4) is 0 Å². The molecule has 2 aromatic heterocycles. The van der Waals surface area contributed by atoms with E-state index in [-0.39, 0.29) is 12.4 Å². The van der Waals surface area contributed by atoms with E-state index >= 15 is 0 Å². The van der Waals surface area contributed by atoms with Crippen LogP contribution in [0.1, 0.15) is 23.3 Å². The number of nitrogen functional groups attached to an aromatic ring is 1. The number of aryl methyl sites for hydroxylation is 1. The van der Waals surface area contributed by atoms with Gasteiger partial charge in [-0.15, -0.1) is 0 Å². The molecule has 0 saturated heterocycles. The van der Waals surface area contributed by atoms with Gasteiger partial charge in [0.05, 0.1) is 0 Å². The second-order valence-electron chi connectivity index (χ2n) is 4.48. The highest BCUT2D eigenvalue weighted by atomic mass is 16.5. The van der Waals surface area contributed by atoms with E-state index in [1.807, 2.05) is 6.92 Å². The first-order valence-corrected chi connectivity index (χ1v) is 6.50. The average molecular weight is 286 g/mol. The number of esters is 1. The van der Waals surface area contributed by atoms with Crippen LogP contribution in [0.4, 0.5) is 5.69 Å². The molecule has 7 nitrogen and oxygen atoms in total. The predicted molar refractivity (Wildman–Crippen MR) is 75.4 cm³/mol. The number of hydrogen-bond donors (Lipinski definition) is 1. The number of carbonyl (C=O) groups excluding carboxylic acids is 1. The Balaban J connectivity index is 1.75. The highest BCUT2D eigenvalue weighted by Gasteiger charge is 2.15. The lowest BCUT2D eigenvalue weighted by molar-refractivity contribution is 0.0423. The van der Waals surface area contributed by atoms with Crippen LogP contribution in [0.15, 0.2) is 35.0 Å². The number of aromatic nitrogens is 3. The summed E-state index contributed by atoms with van der Waals surface area (Å²) in [5.74, 6) is 0.180. The summed E-state index contributed by atoms with van der Waals surface area (Å²) in [6.07, 6.45) is 1.43. The van der Waals surface area contributed by atoms with Gasteiger partial charge < -0.3 is 14.9 Å². The third-order valence-electron chi connectivity index (χ3n) is 3.07. The van der Waals surface area contributed by atoms with E-state index in [4.69, 9.17) is 14.9 Å². The maximum atomic E-state index is 12.0. The number of rotatable bonds is 4. The van der Waals surface area contributed by atoms with Crippen LogP contribution in [0, 0.1) is 0 Å². The van der Waals surface area contributed by atoms with Crippen molar-refractivity contribution in [1.82, 2.24) is 14.8 Å². The van der Waals surface area contributed by atoms with Gasteiger partial charge in [0.15, 0.2) is 12.4 Å². The molecule has 3 aromatic rings. The van der Waals surface area contributed by atoms with Crippen LogP contribution in [-0.4, -0.2) is 20.7 Å². The van der Waals surface area contributed by atoms with Gasteiger partial charge in [0.25, 0.3) is 0 Å². The Labute approximate surface area is 120 Å². The Morgan fingerprint density at radius 1 is 1.43 bits per heavy atom. The molecule has 0 fully saturated rings. The molecule has 2 N–H and O–H groups in total. The minimum atomic E-state index is -0.546. The number of nitrogens with two attached hydrogens (primary N) is 1. The first-order chi connectivity index (χ1) is 10.2. The van der Waals surface area contributed by atoms with Crippen LogP contribution >= 0.6 is 0 Å². The zero-order valence-electron chi connectivity index (χ0n) is 11.4. The zero-order chi connectivity index (χ0) is 14.8. The first-order valence-electron chi connectivity index (χ1n) is 6.50. The number of fused-ring (bicyclic) bond motifs is 1. The summed E-state index contributed by atoms with van der Waals surface area (Å²) >= 11 is 0. The number of anilines is 1. The van der Waals surface area contributed by atoms with Gasteiger partial charge in [0.2, 0.25) is 5.76 Å². The molecule has 0 aliphatic rings. The van der Waals surface area contributed by atoms with Crippen LogP contribution in [0.2, 0.25) is 0 Å². The monoisotopic (exact) mass is 286 g/mol. The number of nitrogens with zero attached hydrogens (tertiary/aromatic N) is 3. The largest absolute Gasteiger partial charge is 0.452 e. The molecule has 1 aromatic carbocycles. The summed E-state index contributed by atoms with van der Waals surface area (Å²) in [6.45, 7) is 2.65. The average Bonchev–Trinajstić information content (AvgIpc) is 3.10. The minimum Gasteiger partial charge on any atom is -0.452 e. The number of furan rings is 1. The van der Waals surface area contributed by atoms with E-state index in [9.17, 15) is 4.79 Å². The quantitative estimate of drug-likeness (QED) is 0.582. The molecule has 0 aliphatic heterocycles. The second-order valence-corrected chi connectivity index (χ2v) is 4.48. The molecule has 0 bridgehead atoms. The lowest BCUT2D eigenvalue weighted by Crippen LogP contribution is -2.09. The maximum Gasteiger partial charge on any atom is 0.374 e. The van der Waals surface area contributed by atoms with E-state index < -0.39 is 5.97 Å². The molecule has 0 spiro atoms. The molecule has 0 unspecified atom stereocenters. The summed E-state index contributed by atoms with van der Waals surface area (Å²) in [4.78, 5) is 16.0. The van der Waals surface area contributed by atoms with Gasteiger partial charge in [0.1, 0.15) is 11.9 Å². The predicted octanol–water partition coefficient (Wildman–Crippen LogP) is 1.98. The highest BCUT2D eigenvalue weighted by molar-refractivity contribution is 5.93. The van der Waals surface area contributed by atoms with Gasteiger partial charge in [-0.05, 0) is 31.2 Å². The molecule has 21 heavy (non-hydrogen) atoms. The molecule has 3 rings (SSSR count). The molecule has 0 radical (unpaired) electrons. The van der Waals surface area contributed by atoms with E-state index in [2.05, 4.69) is 10.1 Å². The van der Waals surface area contributed by atoms with Gasteiger partial charge in [-0.25, -0.2) is 14.5 Å². The van der Waals surface area contributed by atoms with Crippen LogP contribution in [0.25, 0.3) is 11.0 Å². The zero-order valence-corrected chi connectivity index (χ0v) is 11.4. The summed E-state index contributed by atoms with van der Waals surface area (Å²) in [7, 11) is 0. The standard InChI is InChI=1S/C14H14N4O3/c1-2-18-13(16-8-17-18)7-20-14(19)12-6-9-5-10(15)3-4-11(9)21-12/h3-6,8H,2,7,15H2,1H3. The van der Waals surface area contributed by atoms with Crippen molar-refractivity contribution in [2.45, 2.75) is 20.1 Å². The summed E-state index contributed by atoms with van der Waals surface area (Å²) < 4.78 is 12.3. The Kier molecular flexibility index (Phi) is 3.31. The van der Waals surface area contributed by atoms with Gasteiger partial charge in [-0.3, -0.25) is 0 Å². The maximum absolute atomic E-state index is 12.0. The van der Waals surface area contributed by atoms with E-state index in [0.717, 1.165) is 5.39 Å². The summed E-state index contributed by atoms with van der Waals surface area (Å²) in [6, 6.07) is 6.78. The van der Waals surface area contributed by atoms with Crippen molar-refractivity contribution < 1.29 is 13.9 Å². The van der Waals surface area contributed by atoms with Crippen molar-refractivity contribution in [3.05, 3.63) is 42.2 Å². The van der Waals surface area contributed by atoms with Crippen molar-refractivity contribution in [2.75, 3.05) is 5.73 Å². The third-order valence-corrected chi connectivity index (χ3v) is 3.07. The molecule has 2 heterocycles. The molecular weight excluding hydrogens is 272 g/mol. The fourth-order valence-electron chi connectivity index (χ4n) is 2.03. The van der Waals surface area contributed by atoms with E-state index in [1.54, 1.807) is 28.9 Å². The SMILES string of the molecule is CCn1ncnc1COC(=O)c1cc2cc(N)ccc2o1. The summed E-state index contributed by atoms with van der Waals surface area (Å²) in [5, 5.41) is 4.77. The topological polar surface area (TPSA) is 96.2 Å². The molecule has 7 heteroatoms. The van der Waals surface area contributed by atoms with Gasteiger partial charge >= 0.3 is 5.97 Å². The van der Waals surface area contributed by atoms with Gasteiger partial charge in [-0.1, -0.05) is 0 Å². The normalized spacial score (nSPS) is 10.9. The fraction of sp³-hybridized carbons (Fsp3) is 0.214. The lowest BCUT2D eigenvalue weighted by atomic mass is 10.2. The Hall–Kier alpha value is -2.83. The number of benzene rings is 1. The molecule has 0 aliphatic carbocycles. The lowest BCUT2D eigenvalue weighted by Gasteiger charge is -2.03. The molecule has 0 amide bonds. The molecule has 108 valence electrons. The second kappa shape index (κ2) is 5.28. The van der Waals surface area contributed by atoms with E-state index in [0.29, 0.717) is 23.6 Å². The first kappa shape index (κ1) is 13.2. The number of ether oxygens (including phenoxy) is 1. The van der Waals surface area contributed by atoms with Crippen molar-refractivity contribution in [3.63, 3.8) is 0 Å². The van der Waals surface area contributed by atoms with Crippen molar-refractivity contribution in [2.24, 2.45) is 0 Å². The van der Waals surface area contributed by atoms with Crippen LogP contribution in [0.5, 0.6) is 0 Å². The number of hydrogen-bond acceptors (Lipinski definition) is 6. The third kappa shape index (κ3) is 2.58. The highest BCUT2D eigenvalue weighted by Crippen LogP contribution is 2.22.